The molecule has 1 amide bonds. The number of nitrogens with two attached hydrogens (primary N) is 1. The SMILES string of the molecule is CSNc1cccc(N(Cc2ccc(C#N)cc2)Cc2ccc(Oc3cc(OCC4CCOC4)cc(C(N)=O)c3)cc2F)c1C. The quantitative estimate of drug-likeness (QED) is 0.150. The number of hydrogen-bond acceptors (Lipinski definition) is 8. The molecule has 1 unspecified atom stereocenters. The van der Waals surface area contributed by atoms with Crippen molar-refractivity contribution in [1.82, 2.24) is 0 Å². The van der Waals surface area contributed by atoms with Gasteiger partial charge in [0.15, 0.2) is 0 Å². The molecule has 232 valence electrons. The van der Waals surface area contributed by atoms with Gasteiger partial charge >= 0.3 is 0 Å². The van der Waals surface area contributed by atoms with Crippen LogP contribution in [0.1, 0.15) is 39.0 Å². The molecule has 1 atom stereocenters. The van der Waals surface area contributed by atoms with Crippen molar-refractivity contribution in [2.75, 3.05) is 35.7 Å². The third kappa shape index (κ3) is 8.26. The van der Waals surface area contributed by atoms with Gasteiger partial charge in [-0.3, -0.25) is 4.79 Å². The highest BCUT2D eigenvalue weighted by molar-refractivity contribution is 7.99. The number of amides is 1. The van der Waals surface area contributed by atoms with Crippen LogP contribution in [0.15, 0.2) is 78.9 Å². The molecule has 1 saturated heterocycles. The van der Waals surface area contributed by atoms with E-state index < -0.39 is 11.7 Å². The average Bonchev–Trinajstić information content (AvgIpc) is 3.56. The van der Waals surface area contributed by atoms with Crippen LogP contribution in [0.2, 0.25) is 0 Å². The minimum atomic E-state index is -0.620. The van der Waals surface area contributed by atoms with Crippen LogP contribution in [-0.2, 0) is 17.8 Å². The molecular weight excluding hydrogens is 591 g/mol. The first-order chi connectivity index (χ1) is 21.8. The lowest BCUT2D eigenvalue weighted by Crippen LogP contribution is -2.23. The minimum Gasteiger partial charge on any atom is -0.493 e. The third-order valence-electron chi connectivity index (χ3n) is 7.61. The van der Waals surface area contributed by atoms with Gasteiger partial charge in [-0.25, -0.2) is 4.39 Å². The fourth-order valence-electron chi connectivity index (χ4n) is 5.16. The zero-order valence-corrected chi connectivity index (χ0v) is 26.0. The molecule has 1 fully saturated rings. The van der Waals surface area contributed by atoms with Gasteiger partial charge < -0.3 is 29.6 Å². The molecule has 0 bridgehead atoms. The molecule has 4 aromatic rings. The molecule has 0 spiro atoms. The van der Waals surface area contributed by atoms with E-state index in [9.17, 15) is 10.1 Å². The largest absolute Gasteiger partial charge is 0.493 e. The van der Waals surface area contributed by atoms with Crippen molar-refractivity contribution in [2.45, 2.75) is 26.4 Å². The summed E-state index contributed by atoms with van der Waals surface area (Å²) < 4.78 is 36.3. The summed E-state index contributed by atoms with van der Waals surface area (Å²) in [6.45, 7) is 4.61. The molecule has 5 rings (SSSR count). The summed E-state index contributed by atoms with van der Waals surface area (Å²) in [5, 5.41) is 9.21. The van der Waals surface area contributed by atoms with Crippen molar-refractivity contribution in [3.8, 4) is 23.3 Å². The summed E-state index contributed by atoms with van der Waals surface area (Å²) in [5.74, 6) is 0.249. The van der Waals surface area contributed by atoms with Gasteiger partial charge in [0.2, 0.25) is 5.91 Å². The van der Waals surface area contributed by atoms with E-state index in [1.165, 1.54) is 24.1 Å². The van der Waals surface area contributed by atoms with Crippen LogP contribution in [0, 0.1) is 30.0 Å². The van der Waals surface area contributed by atoms with Crippen molar-refractivity contribution in [3.05, 3.63) is 112 Å². The van der Waals surface area contributed by atoms with E-state index in [1.807, 2.05) is 43.5 Å². The van der Waals surface area contributed by atoms with Crippen molar-refractivity contribution in [1.29, 1.82) is 5.26 Å². The number of nitrogens with zero attached hydrogens (tertiary/aromatic N) is 2. The second kappa shape index (κ2) is 14.8. The van der Waals surface area contributed by atoms with Crippen LogP contribution in [0.5, 0.6) is 17.2 Å². The molecule has 1 aliphatic heterocycles. The first-order valence-corrected chi connectivity index (χ1v) is 15.8. The molecule has 1 heterocycles. The second-order valence-electron chi connectivity index (χ2n) is 10.9. The van der Waals surface area contributed by atoms with Gasteiger partial charge in [0.25, 0.3) is 0 Å². The maximum Gasteiger partial charge on any atom is 0.248 e. The van der Waals surface area contributed by atoms with Crippen LogP contribution in [0.3, 0.4) is 0 Å². The minimum absolute atomic E-state index is 0.231. The monoisotopic (exact) mass is 626 g/mol. The predicted octanol–water partition coefficient (Wildman–Crippen LogP) is 7.21. The number of rotatable bonds is 13. The highest BCUT2D eigenvalue weighted by atomic mass is 32.2. The molecule has 1 aliphatic rings. The van der Waals surface area contributed by atoms with E-state index >= 15 is 4.39 Å². The van der Waals surface area contributed by atoms with Crippen molar-refractivity contribution < 1.29 is 23.4 Å². The Hall–Kier alpha value is -4.72. The maximum atomic E-state index is 15.7. The molecule has 0 aromatic heterocycles. The maximum absolute atomic E-state index is 15.7. The number of anilines is 2. The third-order valence-corrected chi connectivity index (χ3v) is 8.03. The molecule has 8 nitrogen and oxygen atoms in total. The molecule has 0 radical (unpaired) electrons. The Bertz CT molecular complexity index is 1690. The van der Waals surface area contributed by atoms with E-state index in [-0.39, 0.29) is 23.8 Å². The lowest BCUT2D eigenvalue weighted by Gasteiger charge is -2.28. The molecule has 0 aliphatic carbocycles. The first kappa shape index (κ1) is 31.7. The van der Waals surface area contributed by atoms with Crippen molar-refractivity contribution in [3.63, 3.8) is 0 Å². The summed E-state index contributed by atoms with van der Waals surface area (Å²) in [4.78, 5) is 14.1. The van der Waals surface area contributed by atoms with E-state index in [0.29, 0.717) is 49.0 Å². The Kier molecular flexibility index (Phi) is 10.5. The van der Waals surface area contributed by atoms with Crippen LogP contribution in [0.25, 0.3) is 0 Å². The van der Waals surface area contributed by atoms with Gasteiger partial charge in [0, 0.05) is 66.5 Å². The summed E-state index contributed by atoms with van der Waals surface area (Å²) in [7, 11) is 0. The Morgan fingerprint density at radius 3 is 2.58 bits per heavy atom. The van der Waals surface area contributed by atoms with Gasteiger partial charge in [-0.2, -0.15) is 5.26 Å². The lowest BCUT2D eigenvalue weighted by molar-refractivity contribution is 0.0999. The highest BCUT2D eigenvalue weighted by Gasteiger charge is 2.19. The lowest BCUT2D eigenvalue weighted by atomic mass is 10.1. The van der Waals surface area contributed by atoms with Crippen molar-refractivity contribution >= 4 is 29.2 Å². The fourth-order valence-corrected chi connectivity index (χ4v) is 5.61. The van der Waals surface area contributed by atoms with Gasteiger partial charge in [-0.05, 0) is 66.9 Å². The molecule has 4 aromatic carbocycles. The van der Waals surface area contributed by atoms with Crippen LogP contribution < -0.4 is 24.8 Å². The summed E-state index contributed by atoms with van der Waals surface area (Å²) in [6, 6.07) is 25.0. The van der Waals surface area contributed by atoms with Crippen LogP contribution >= 0.6 is 11.9 Å². The number of nitriles is 1. The molecule has 45 heavy (non-hydrogen) atoms. The second-order valence-corrected chi connectivity index (χ2v) is 11.5. The molecule has 10 heteroatoms. The molecule has 3 N–H and O–H groups in total. The number of hydrogen-bond donors (Lipinski definition) is 2. The van der Waals surface area contributed by atoms with E-state index in [4.69, 9.17) is 19.9 Å². The van der Waals surface area contributed by atoms with Crippen molar-refractivity contribution in [2.24, 2.45) is 11.7 Å². The Labute approximate surface area is 267 Å². The Morgan fingerprint density at radius 1 is 1.09 bits per heavy atom. The van der Waals surface area contributed by atoms with Crippen LogP contribution in [-0.4, -0.2) is 32.0 Å². The van der Waals surface area contributed by atoms with Crippen LogP contribution in [0.4, 0.5) is 15.8 Å². The fraction of sp³-hybridized carbons (Fsp3) is 0.257. The number of nitrogens with one attached hydrogen (secondary N) is 1. The summed E-state index contributed by atoms with van der Waals surface area (Å²) in [5.41, 5.74) is 10.8. The topological polar surface area (TPSA) is 110 Å². The first-order valence-electron chi connectivity index (χ1n) is 14.6. The highest BCUT2D eigenvalue weighted by Crippen LogP contribution is 2.33. The smallest absolute Gasteiger partial charge is 0.248 e. The standard InChI is InChI=1S/C35H35FN4O4S/c1-23-33(39-45-2)4-3-5-34(23)40(19-25-8-6-24(18-37)7-9-25)20-27-10-11-29(17-32(27)36)44-31-15-28(35(38)41)14-30(16-31)43-22-26-12-13-42-21-26/h3-11,14-17,26,39H,12-13,19-22H2,1-2H3,(H2,38,41). The van der Waals surface area contributed by atoms with E-state index in [0.717, 1.165) is 28.9 Å². The number of ether oxygens (including phenoxy) is 3. The van der Waals surface area contributed by atoms with E-state index in [2.05, 4.69) is 15.7 Å². The zero-order chi connectivity index (χ0) is 31.8. The van der Waals surface area contributed by atoms with Gasteiger partial charge in [-0.1, -0.05) is 36.2 Å². The van der Waals surface area contributed by atoms with Gasteiger partial charge in [0.1, 0.15) is 23.1 Å². The normalized spacial score (nSPS) is 14.0. The number of halogens is 1. The molecular formula is C35H35FN4O4S. The van der Waals surface area contributed by atoms with E-state index in [1.54, 1.807) is 36.4 Å². The molecule has 0 saturated carbocycles. The summed E-state index contributed by atoms with van der Waals surface area (Å²) >= 11 is 1.51. The van der Waals surface area contributed by atoms with Gasteiger partial charge in [-0.15, -0.1) is 0 Å². The Morgan fingerprint density at radius 2 is 1.89 bits per heavy atom. The zero-order valence-electron chi connectivity index (χ0n) is 25.2. The summed E-state index contributed by atoms with van der Waals surface area (Å²) in [6.07, 6.45) is 2.87. The van der Waals surface area contributed by atoms with Gasteiger partial charge in [0.05, 0.1) is 24.8 Å². The predicted molar refractivity (Wildman–Crippen MR) is 175 cm³/mol. The number of benzene rings is 4. The average molecular weight is 627 g/mol. The number of carbonyl (C=O) groups excluding carboxylic acids is 1. The number of carbonyl (C=O) groups is 1. The number of primary amides is 1. The Balaban J connectivity index is 1.38.